The van der Waals surface area contributed by atoms with Crippen LogP contribution in [0.4, 0.5) is 5.69 Å². The molecule has 10 heteroatoms. The number of ether oxygens (including phenoxy) is 3. The minimum absolute atomic E-state index is 0.144. The zero-order chi connectivity index (χ0) is 20.0. The zero-order valence-corrected chi connectivity index (χ0v) is 14.8. The first kappa shape index (κ1) is 19.5. The molecular weight excluding hydrogens is 358 g/mol. The lowest BCUT2D eigenvalue weighted by atomic mass is 10.1. The number of rotatable bonds is 6. The number of hydrogen-bond donors (Lipinski definition) is 2. The van der Waals surface area contributed by atoms with E-state index >= 15 is 0 Å². The number of nitrogens with zero attached hydrogens (tertiary/aromatic N) is 1. The lowest BCUT2D eigenvalue weighted by Crippen LogP contribution is -2.41. The van der Waals surface area contributed by atoms with E-state index in [1.165, 1.54) is 57.7 Å². The Morgan fingerprint density at radius 1 is 0.852 bits per heavy atom. The molecule has 2 aromatic carbocycles. The molecule has 0 heterocycles. The number of nitro benzene ring substituents is 1. The second-order valence-corrected chi connectivity index (χ2v) is 5.13. The van der Waals surface area contributed by atoms with Gasteiger partial charge in [0.15, 0.2) is 11.5 Å². The van der Waals surface area contributed by atoms with Crippen LogP contribution in [0.2, 0.25) is 0 Å². The minimum Gasteiger partial charge on any atom is -0.493 e. The monoisotopic (exact) mass is 375 g/mol. The molecule has 0 aliphatic carbocycles. The molecule has 0 aliphatic rings. The first-order valence-corrected chi connectivity index (χ1v) is 7.56. The van der Waals surface area contributed by atoms with Crippen LogP contribution in [0.1, 0.15) is 20.7 Å². The van der Waals surface area contributed by atoms with Crippen molar-refractivity contribution in [2.45, 2.75) is 0 Å². The number of methoxy groups -OCH3 is 3. The van der Waals surface area contributed by atoms with E-state index in [9.17, 15) is 19.7 Å². The Kier molecular flexibility index (Phi) is 6.15. The SMILES string of the molecule is COc1cc(C(=O)NNC(=O)c2ccc([N+](=O)[O-])cc2)cc(OC)c1OC. The lowest BCUT2D eigenvalue weighted by molar-refractivity contribution is -0.384. The number of nitro groups is 1. The number of carbonyl (C=O) groups excluding carboxylic acids is 2. The molecule has 0 radical (unpaired) electrons. The number of non-ortho nitro benzene ring substituents is 1. The van der Waals surface area contributed by atoms with Crippen molar-refractivity contribution in [3.8, 4) is 17.2 Å². The van der Waals surface area contributed by atoms with Crippen molar-refractivity contribution in [2.75, 3.05) is 21.3 Å². The van der Waals surface area contributed by atoms with E-state index in [2.05, 4.69) is 10.9 Å². The van der Waals surface area contributed by atoms with Crippen molar-refractivity contribution >= 4 is 17.5 Å². The highest BCUT2D eigenvalue weighted by Gasteiger charge is 2.17. The first-order chi connectivity index (χ1) is 12.9. The van der Waals surface area contributed by atoms with Crippen LogP contribution >= 0.6 is 0 Å². The summed E-state index contributed by atoms with van der Waals surface area (Å²) in [6.07, 6.45) is 0. The van der Waals surface area contributed by atoms with Gasteiger partial charge < -0.3 is 14.2 Å². The van der Waals surface area contributed by atoms with Crippen LogP contribution in [0.25, 0.3) is 0 Å². The smallest absolute Gasteiger partial charge is 0.269 e. The Bertz CT molecular complexity index is 840. The van der Waals surface area contributed by atoms with Crippen LogP contribution in [0.15, 0.2) is 36.4 Å². The van der Waals surface area contributed by atoms with Crippen LogP contribution in [0.3, 0.4) is 0 Å². The fourth-order valence-corrected chi connectivity index (χ4v) is 2.20. The average Bonchev–Trinajstić information content (AvgIpc) is 2.70. The number of nitrogens with one attached hydrogen (secondary N) is 2. The number of benzene rings is 2. The van der Waals surface area contributed by atoms with Gasteiger partial charge in [-0.05, 0) is 24.3 Å². The summed E-state index contributed by atoms with van der Waals surface area (Å²) in [7, 11) is 4.26. The molecule has 2 aromatic rings. The van der Waals surface area contributed by atoms with Gasteiger partial charge in [0.05, 0.1) is 26.3 Å². The Balaban J connectivity index is 2.11. The highest BCUT2D eigenvalue weighted by Crippen LogP contribution is 2.38. The summed E-state index contributed by atoms with van der Waals surface area (Å²) in [6.45, 7) is 0. The highest BCUT2D eigenvalue weighted by molar-refractivity contribution is 5.99. The van der Waals surface area contributed by atoms with Crippen molar-refractivity contribution in [3.63, 3.8) is 0 Å². The van der Waals surface area contributed by atoms with E-state index in [0.29, 0.717) is 5.75 Å². The summed E-state index contributed by atoms with van der Waals surface area (Å²) in [5, 5.41) is 10.6. The quantitative estimate of drug-likeness (QED) is 0.580. The predicted molar refractivity (Wildman–Crippen MR) is 94.1 cm³/mol. The standard InChI is InChI=1S/C17H17N3O7/c1-25-13-8-11(9-14(26-2)15(13)27-3)17(22)19-18-16(21)10-4-6-12(7-5-10)20(23)24/h4-9H,1-3H3,(H,18,21)(H,19,22). The van der Waals surface area contributed by atoms with E-state index in [1.807, 2.05) is 0 Å². The van der Waals surface area contributed by atoms with E-state index in [0.717, 1.165) is 0 Å². The summed E-state index contributed by atoms with van der Waals surface area (Å²) >= 11 is 0. The fraction of sp³-hybridized carbons (Fsp3) is 0.176. The Morgan fingerprint density at radius 2 is 1.33 bits per heavy atom. The Hall–Kier alpha value is -3.82. The van der Waals surface area contributed by atoms with Crippen molar-refractivity contribution in [3.05, 3.63) is 57.6 Å². The second-order valence-electron chi connectivity index (χ2n) is 5.13. The normalized spacial score (nSPS) is 9.89. The number of carbonyl (C=O) groups is 2. The van der Waals surface area contributed by atoms with E-state index in [-0.39, 0.29) is 28.3 Å². The maximum Gasteiger partial charge on any atom is 0.269 e. The third-order valence-corrected chi connectivity index (χ3v) is 3.56. The van der Waals surface area contributed by atoms with Crippen LogP contribution in [0, 0.1) is 10.1 Å². The third kappa shape index (κ3) is 4.42. The summed E-state index contributed by atoms with van der Waals surface area (Å²) in [4.78, 5) is 34.4. The van der Waals surface area contributed by atoms with E-state index < -0.39 is 16.7 Å². The van der Waals surface area contributed by atoms with E-state index in [1.54, 1.807) is 0 Å². The van der Waals surface area contributed by atoms with Gasteiger partial charge in [0.2, 0.25) is 5.75 Å². The van der Waals surface area contributed by atoms with Crippen LogP contribution in [-0.2, 0) is 0 Å². The Morgan fingerprint density at radius 3 is 1.74 bits per heavy atom. The van der Waals surface area contributed by atoms with Gasteiger partial charge in [-0.3, -0.25) is 30.6 Å². The highest BCUT2D eigenvalue weighted by atomic mass is 16.6. The number of hydrazine groups is 1. The molecule has 27 heavy (non-hydrogen) atoms. The second kappa shape index (κ2) is 8.52. The van der Waals surface area contributed by atoms with Gasteiger partial charge in [-0.1, -0.05) is 0 Å². The molecule has 0 unspecified atom stereocenters. The number of hydrogen-bond acceptors (Lipinski definition) is 7. The molecule has 0 saturated heterocycles. The molecule has 0 atom stereocenters. The minimum atomic E-state index is -0.634. The molecule has 10 nitrogen and oxygen atoms in total. The molecule has 0 fully saturated rings. The van der Waals surface area contributed by atoms with Crippen LogP contribution < -0.4 is 25.1 Å². The van der Waals surface area contributed by atoms with Crippen molar-refractivity contribution < 1.29 is 28.7 Å². The molecule has 0 bridgehead atoms. The molecule has 0 aliphatic heterocycles. The molecule has 2 N–H and O–H groups in total. The maximum absolute atomic E-state index is 12.3. The topological polar surface area (TPSA) is 129 Å². The van der Waals surface area contributed by atoms with Crippen molar-refractivity contribution in [1.29, 1.82) is 0 Å². The first-order valence-electron chi connectivity index (χ1n) is 7.56. The summed E-state index contributed by atoms with van der Waals surface area (Å²) in [6, 6.07) is 7.79. The van der Waals surface area contributed by atoms with Gasteiger partial charge >= 0.3 is 0 Å². The third-order valence-electron chi connectivity index (χ3n) is 3.56. The summed E-state index contributed by atoms with van der Waals surface area (Å²) in [5.41, 5.74) is 4.64. The molecule has 0 saturated carbocycles. The summed E-state index contributed by atoms with van der Waals surface area (Å²) in [5.74, 6) is -0.367. The largest absolute Gasteiger partial charge is 0.493 e. The van der Waals surface area contributed by atoms with Crippen LogP contribution in [-0.4, -0.2) is 38.1 Å². The van der Waals surface area contributed by atoms with Gasteiger partial charge in [0, 0.05) is 23.3 Å². The van der Waals surface area contributed by atoms with Gasteiger partial charge in [0.25, 0.3) is 17.5 Å². The number of amides is 2. The van der Waals surface area contributed by atoms with Crippen LogP contribution in [0.5, 0.6) is 17.2 Å². The molecule has 142 valence electrons. The molecule has 2 amide bonds. The predicted octanol–water partition coefficient (Wildman–Crippen LogP) is 1.70. The molecule has 0 aromatic heterocycles. The molecular formula is C17H17N3O7. The lowest BCUT2D eigenvalue weighted by Gasteiger charge is -2.14. The zero-order valence-electron chi connectivity index (χ0n) is 14.8. The van der Waals surface area contributed by atoms with Crippen molar-refractivity contribution in [1.82, 2.24) is 10.9 Å². The van der Waals surface area contributed by atoms with E-state index in [4.69, 9.17) is 14.2 Å². The van der Waals surface area contributed by atoms with Gasteiger partial charge in [-0.15, -0.1) is 0 Å². The van der Waals surface area contributed by atoms with Gasteiger partial charge in [0.1, 0.15) is 0 Å². The molecule has 0 spiro atoms. The van der Waals surface area contributed by atoms with Gasteiger partial charge in [-0.25, -0.2) is 0 Å². The average molecular weight is 375 g/mol. The van der Waals surface area contributed by atoms with Crippen molar-refractivity contribution in [2.24, 2.45) is 0 Å². The summed E-state index contributed by atoms with van der Waals surface area (Å²) < 4.78 is 15.5. The fourth-order valence-electron chi connectivity index (χ4n) is 2.20. The van der Waals surface area contributed by atoms with Gasteiger partial charge in [-0.2, -0.15) is 0 Å². The Labute approximate surface area is 154 Å². The molecule has 2 rings (SSSR count). The maximum atomic E-state index is 12.3.